The molecule has 1 aromatic rings. The van der Waals surface area contributed by atoms with Crippen LogP contribution in [0.3, 0.4) is 0 Å². The number of carbonyl (C=O) groups excluding carboxylic acids is 2. The summed E-state index contributed by atoms with van der Waals surface area (Å²) in [6.45, 7) is 0. The Morgan fingerprint density at radius 3 is 2.72 bits per heavy atom. The predicted octanol–water partition coefficient (Wildman–Crippen LogP) is 2.38. The summed E-state index contributed by atoms with van der Waals surface area (Å²) in [5, 5.41) is 11.5. The summed E-state index contributed by atoms with van der Waals surface area (Å²) >= 11 is 6.72. The SMILES string of the molecule is COc1ccc(C=C2SC(=O)NC2=O)c(Cl)c1O. The van der Waals surface area contributed by atoms with Gasteiger partial charge in [-0.2, -0.15) is 0 Å². The molecular weight excluding hydrogens is 278 g/mol. The van der Waals surface area contributed by atoms with Gasteiger partial charge in [-0.3, -0.25) is 14.9 Å². The maximum atomic E-state index is 11.4. The number of methoxy groups -OCH3 is 1. The Morgan fingerprint density at radius 1 is 1.44 bits per heavy atom. The fourth-order valence-electron chi connectivity index (χ4n) is 1.40. The number of nitrogens with one attached hydrogen (secondary N) is 1. The third-order valence-electron chi connectivity index (χ3n) is 2.26. The van der Waals surface area contributed by atoms with Crippen molar-refractivity contribution >= 4 is 40.6 Å². The summed E-state index contributed by atoms with van der Waals surface area (Å²) in [5.74, 6) is -0.443. The zero-order valence-electron chi connectivity index (χ0n) is 9.19. The maximum Gasteiger partial charge on any atom is 0.290 e. The number of halogens is 1. The largest absolute Gasteiger partial charge is 0.503 e. The minimum Gasteiger partial charge on any atom is -0.503 e. The number of imide groups is 1. The molecule has 0 spiro atoms. The fourth-order valence-corrected chi connectivity index (χ4v) is 2.28. The third kappa shape index (κ3) is 2.30. The van der Waals surface area contributed by atoms with E-state index in [1.165, 1.54) is 19.3 Å². The van der Waals surface area contributed by atoms with Crippen LogP contribution in [0.15, 0.2) is 17.0 Å². The van der Waals surface area contributed by atoms with E-state index in [2.05, 4.69) is 5.32 Å². The van der Waals surface area contributed by atoms with Crippen LogP contribution in [0.4, 0.5) is 4.79 Å². The van der Waals surface area contributed by atoms with E-state index in [-0.39, 0.29) is 21.4 Å². The Balaban J connectivity index is 2.41. The first kappa shape index (κ1) is 12.8. The molecule has 0 saturated carbocycles. The number of phenols is 1. The van der Waals surface area contributed by atoms with E-state index in [9.17, 15) is 14.7 Å². The predicted molar refractivity (Wildman–Crippen MR) is 68.8 cm³/mol. The Morgan fingerprint density at radius 2 is 2.17 bits per heavy atom. The molecule has 0 radical (unpaired) electrons. The van der Waals surface area contributed by atoms with Gasteiger partial charge in [-0.1, -0.05) is 11.6 Å². The molecule has 1 aromatic carbocycles. The minimum atomic E-state index is -0.476. The second kappa shape index (κ2) is 4.91. The lowest BCUT2D eigenvalue weighted by Crippen LogP contribution is -2.17. The molecule has 1 aliphatic rings. The summed E-state index contributed by atoms with van der Waals surface area (Å²) in [6, 6.07) is 3.11. The van der Waals surface area contributed by atoms with Crippen molar-refractivity contribution in [2.24, 2.45) is 0 Å². The van der Waals surface area contributed by atoms with Crippen LogP contribution in [-0.2, 0) is 4.79 Å². The molecule has 7 heteroatoms. The lowest BCUT2D eigenvalue weighted by atomic mass is 10.2. The normalized spacial score (nSPS) is 17.1. The smallest absolute Gasteiger partial charge is 0.290 e. The van der Waals surface area contributed by atoms with E-state index in [0.29, 0.717) is 5.56 Å². The van der Waals surface area contributed by atoms with E-state index < -0.39 is 11.1 Å². The molecule has 5 nitrogen and oxygen atoms in total. The average molecular weight is 286 g/mol. The second-order valence-corrected chi connectivity index (χ2v) is 4.76. The zero-order valence-corrected chi connectivity index (χ0v) is 10.8. The summed E-state index contributed by atoms with van der Waals surface area (Å²) < 4.78 is 4.90. The highest BCUT2D eigenvalue weighted by atomic mass is 35.5. The van der Waals surface area contributed by atoms with Gasteiger partial charge >= 0.3 is 0 Å². The highest BCUT2D eigenvalue weighted by molar-refractivity contribution is 8.18. The average Bonchev–Trinajstić information content (AvgIpc) is 2.64. The number of hydrogen-bond acceptors (Lipinski definition) is 5. The molecule has 1 fully saturated rings. The van der Waals surface area contributed by atoms with Crippen molar-refractivity contribution in [3.8, 4) is 11.5 Å². The van der Waals surface area contributed by atoms with Crippen LogP contribution in [0.2, 0.25) is 5.02 Å². The van der Waals surface area contributed by atoms with Crippen molar-refractivity contribution in [2.75, 3.05) is 7.11 Å². The van der Waals surface area contributed by atoms with Crippen molar-refractivity contribution in [3.05, 3.63) is 27.6 Å². The van der Waals surface area contributed by atoms with Crippen molar-refractivity contribution in [1.82, 2.24) is 5.32 Å². The second-order valence-electron chi connectivity index (χ2n) is 3.37. The number of phenolic OH excluding ortho intramolecular Hbond substituents is 1. The van der Waals surface area contributed by atoms with Crippen LogP contribution < -0.4 is 10.1 Å². The van der Waals surface area contributed by atoms with Gasteiger partial charge in [0.15, 0.2) is 11.5 Å². The van der Waals surface area contributed by atoms with E-state index >= 15 is 0 Å². The van der Waals surface area contributed by atoms with Crippen LogP contribution >= 0.6 is 23.4 Å². The van der Waals surface area contributed by atoms with Crippen LogP contribution in [0.5, 0.6) is 11.5 Å². The van der Waals surface area contributed by atoms with Gasteiger partial charge in [0, 0.05) is 0 Å². The first-order valence-electron chi connectivity index (χ1n) is 4.83. The van der Waals surface area contributed by atoms with E-state index in [1.54, 1.807) is 6.07 Å². The summed E-state index contributed by atoms with van der Waals surface area (Å²) in [4.78, 5) is 22.6. The number of rotatable bonds is 2. The quantitative estimate of drug-likeness (QED) is 0.816. The monoisotopic (exact) mass is 285 g/mol. The van der Waals surface area contributed by atoms with Crippen LogP contribution in [0.1, 0.15) is 5.56 Å². The maximum absolute atomic E-state index is 11.4. The van der Waals surface area contributed by atoms with E-state index in [1.807, 2.05) is 0 Å². The molecule has 1 saturated heterocycles. The molecule has 0 aromatic heterocycles. The number of benzene rings is 1. The number of hydrogen-bond donors (Lipinski definition) is 2. The van der Waals surface area contributed by atoms with Gasteiger partial charge < -0.3 is 9.84 Å². The van der Waals surface area contributed by atoms with Crippen molar-refractivity contribution in [3.63, 3.8) is 0 Å². The summed E-state index contributed by atoms with van der Waals surface area (Å²) in [6.07, 6.45) is 1.44. The zero-order chi connectivity index (χ0) is 13.3. The Kier molecular flexibility index (Phi) is 3.49. The molecule has 18 heavy (non-hydrogen) atoms. The van der Waals surface area contributed by atoms with Crippen molar-refractivity contribution in [1.29, 1.82) is 0 Å². The van der Waals surface area contributed by atoms with Gasteiger partial charge in [-0.05, 0) is 35.5 Å². The Hall–Kier alpha value is -1.66. The van der Waals surface area contributed by atoms with Crippen LogP contribution in [-0.4, -0.2) is 23.4 Å². The number of carbonyl (C=O) groups is 2. The van der Waals surface area contributed by atoms with Gasteiger partial charge in [0.25, 0.3) is 11.1 Å². The number of aromatic hydroxyl groups is 1. The molecular formula is C11H8ClNO4S. The first-order valence-corrected chi connectivity index (χ1v) is 6.02. The molecule has 94 valence electrons. The third-order valence-corrected chi connectivity index (χ3v) is 3.47. The van der Waals surface area contributed by atoms with Gasteiger partial charge in [-0.25, -0.2) is 0 Å². The minimum absolute atomic E-state index is 0.0644. The van der Waals surface area contributed by atoms with Crippen molar-refractivity contribution < 1.29 is 19.4 Å². The standard InChI is InChI=1S/C11H8ClNO4S/c1-17-6-3-2-5(8(12)9(6)14)4-7-10(15)13-11(16)18-7/h2-4,14H,1H3,(H,13,15,16). The lowest BCUT2D eigenvalue weighted by molar-refractivity contribution is -0.115. The lowest BCUT2D eigenvalue weighted by Gasteiger charge is -2.07. The van der Waals surface area contributed by atoms with E-state index in [4.69, 9.17) is 16.3 Å². The highest BCUT2D eigenvalue weighted by Crippen LogP contribution is 2.38. The number of ether oxygens (including phenoxy) is 1. The van der Waals surface area contributed by atoms with E-state index in [0.717, 1.165) is 11.8 Å². The fraction of sp³-hybridized carbons (Fsp3) is 0.0909. The molecule has 0 bridgehead atoms. The highest BCUT2D eigenvalue weighted by Gasteiger charge is 2.25. The molecule has 2 N–H and O–H groups in total. The summed E-state index contributed by atoms with van der Waals surface area (Å²) in [5.41, 5.74) is 0.433. The van der Waals surface area contributed by atoms with Gasteiger partial charge in [0.1, 0.15) is 0 Å². The molecule has 1 heterocycles. The van der Waals surface area contributed by atoms with Gasteiger partial charge in [-0.15, -0.1) is 0 Å². The van der Waals surface area contributed by atoms with Gasteiger partial charge in [0.2, 0.25) is 0 Å². The molecule has 0 aliphatic carbocycles. The Labute approximate surface area is 112 Å². The molecule has 2 rings (SSSR count). The van der Waals surface area contributed by atoms with Gasteiger partial charge in [0.05, 0.1) is 17.0 Å². The number of amides is 2. The molecule has 2 amide bonds. The Bertz CT molecular complexity index is 570. The molecule has 0 atom stereocenters. The molecule has 1 aliphatic heterocycles. The first-order chi connectivity index (χ1) is 8.52. The van der Waals surface area contributed by atoms with Crippen LogP contribution in [0.25, 0.3) is 6.08 Å². The summed E-state index contributed by atoms with van der Waals surface area (Å²) in [7, 11) is 1.41. The van der Waals surface area contributed by atoms with Crippen LogP contribution in [0, 0.1) is 0 Å². The number of thioether (sulfide) groups is 1. The topological polar surface area (TPSA) is 75.6 Å². The molecule has 0 unspecified atom stereocenters. The van der Waals surface area contributed by atoms with Crippen molar-refractivity contribution in [2.45, 2.75) is 0 Å².